The van der Waals surface area contributed by atoms with Crippen LogP contribution in [0.3, 0.4) is 0 Å². The van der Waals surface area contributed by atoms with Crippen LogP contribution in [-0.2, 0) is 18.6 Å². The Labute approximate surface area is 204 Å². The molecule has 12 heteroatoms. The second-order valence-corrected chi connectivity index (χ2v) is 9.53. The van der Waals surface area contributed by atoms with Gasteiger partial charge in [0.15, 0.2) is 14.6 Å². The van der Waals surface area contributed by atoms with E-state index in [1.807, 2.05) is 19.7 Å². The van der Waals surface area contributed by atoms with Crippen LogP contribution >= 0.6 is 8.38 Å². The number of fused-ring (bicyclic) bond motifs is 2. The maximum atomic E-state index is 13.0. The predicted molar refractivity (Wildman–Crippen MR) is 129 cm³/mol. The maximum Gasteiger partial charge on any atom is 0.351 e. The standard InChI is InChI=1S/C23H28N5O6P/c1-5-23-15-28(31-3)18(19(23)34-35(4)32-14-12-24-2)21(33-23)27-13-11-17(26-22(27)30)25-20(29)16-9-7-6-8-10-16/h6-11,13,18-19,21H,5,12,14-15H2,1,3-4H3,(H,25,26,29,30)/t18-,19+,21-,23+,35?/m1/s1. The molecule has 2 aromatic rings. The summed E-state index contributed by atoms with van der Waals surface area (Å²) in [5.41, 5.74) is -0.809. The Kier molecular flexibility index (Phi) is 7.91. The number of hydroxylamine groups is 2. The van der Waals surface area contributed by atoms with Crippen LogP contribution in [0.4, 0.5) is 5.82 Å². The summed E-state index contributed by atoms with van der Waals surface area (Å²) in [6.45, 7) is 11.8. The lowest BCUT2D eigenvalue weighted by Crippen LogP contribution is -2.47. The van der Waals surface area contributed by atoms with E-state index in [4.69, 9.17) is 25.2 Å². The number of morpholine rings is 1. The zero-order chi connectivity index (χ0) is 25.0. The Balaban J connectivity index is 1.54. The van der Waals surface area contributed by atoms with Gasteiger partial charge >= 0.3 is 5.69 Å². The summed E-state index contributed by atoms with van der Waals surface area (Å²) in [7, 11) is 0.305. The molecule has 186 valence electrons. The van der Waals surface area contributed by atoms with E-state index in [9.17, 15) is 9.59 Å². The fraction of sp³-hybridized carbons (Fsp3) is 0.478. The van der Waals surface area contributed by atoms with E-state index in [0.717, 1.165) is 0 Å². The topological polar surface area (TPSA) is 109 Å². The quantitative estimate of drug-likeness (QED) is 0.301. The number of carbonyl (C=O) groups excluding carboxylic acids is 1. The Morgan fingerprint density at radius 2 is 2.14 bits per heavy atom. The molecule has 2 fully saturated rings. The highest BCUT2D eigenvalue weighted by Gasteiger charge is 2.65. The molecule has 1 aromatic carbocycles. The Bertz CT molecular complexity index is 1140. The Morgan fingerprint density at radius 3 is 2.80 bits per heavy atom. The molecule has 1 N–H and O–H groups in total. The van der Waals surface area contributed by atoms with Crippen molar-refractivity contribution in [1.82, 2.24) is 14.6 Å². The van der Waals surface area contributed by atoms with Gasteiger partial charge in [0.2, 0.25) is 6.54 Å². The van der Waals surface area contributed by atoms with Gasteiger partial charge in [0.05, 0.1) is 13.7 Å². The lowest BCUT2D eigenvalue weighted by molar-refractivity contribution is -0.235. The van der Waals surface area contributed by atoms with Gasteiger partial charge in [-0.1, -0.05) is 25.1 Å². The molecule has 4 rings (SSSR count). The first-order valence-corrected chi connectivity index (χ1v) is 12.9. The van der Waals surface area contributed by atoms with Crippen LogP contribution in [0.2, 0.25) is 0 Å². The van der Waals surface area contributed by atoms with Gasteiger partial charge < -0.3 is 28.8 Å². The molecule has 2 bridgehead atoms. The van der Waals surface area contributed by atoms with Crippen molar-refractivity contribution in [1.29, 1.82) is 0 Å². The van der Waals surface area contributed by atoms with Crippen molar-refractivity contribution in [2.45, 2.75) is 37.3 Å². The summed E-state index contributed by atoms with van der Waals surface area (Å²) < 4.78 is 19.8. The van der Waals surface area contributed by atoms with Gasteiger partial charge in [-0.15, -0.1) is 0 Å². The van der Waals surface area contributed by atoms with E-state index in [1.54, 1.807) is 48.7 Å². The number of anilines is 1. The largest absolute Gasteiger partial charge is 0.351 e. The summed E-state index contributed by atoms with van der Waals surface area (Å²) >= 11 is 0. The first kappa shape index (κ1) is 25.4. The molecule has 0 saturated carbocycles. The molecule has 2 aliphatic heterocycles. The highest BCUT2D eigenvalue weighted by molar-refractivity contribution is 7.46. The molecule has 11 nitrogen and oxygen atoms in total. The van der Waals surface area contributed by atoms with Gasteiger partial charge in [-0.05, 0) is 24.6 Å². The average Bonchev–Trinajstić information content (AvgIpc) is 3.33. The minimum atomic E-state index is -1.27. The van der Waals surface area contributed by atoms with Gasteiger partial charge in [0.25, 0.3) is 5.91 Å². The van der Waals surface area contributed by atoms with Gasteiger partial charge in [-0.25, -0.2) is 11.4 Å². The minimum Gasteiger partial charge on any atom is -0.345 e. The summed E-state index contributed by atoms with van der Waals surface area (Å²) in [5, 5.41) is 4.42. The second kappa shape index (κ2) is 10.9. The minimum absolute atomic E-state index is 0.148. The molecule has 35 heavy (non-hydrogen) atoms. The normalized spacial score (nSPS) is 26.4. The third kappa shape index (κ3) is 5.14. The second-order valence-electron chi connectivity index (χ2n) is 8.18. The molecule has 2 aliphatic rings. The van der Waals surface area contributed by atoms with Crippen molar-refractivity contribution in [2.24, 2.45) is 0 Å². The summed E-state index contributed by atoms with van der Waals surface area (Å²) in [6, 6.07) is 9.83. The number of nitrogens with zero attached hydrogens (tertiary/aromatic N) is 4. The first-order valence-electron chi connectivity index (χ1n) is 11.2. The molecule has 2 saturated heterocycles. The van der Waals surface area contributed by atoms with Crippen LogP contribution in [0.15, 0.2) is 47.4 Å². The van der Waals surface area contributed by atoms with Crippen molar-refractivity contribution in [3.8, 4) is 0 Å². The number of amides is 1. The van der Waals surface area contributed by atoms with E-state index in [-0.39, 0.29) is 18.3 Å². The highest BCUT2D eigenvalue weighted by atomic mass is 31.2. The number of benzene rings is 1. The number of rotatable bonds is 10. The van der Waals surface area contributed by atoms with Crippen LogP contribution in [0, 0.1) is 6.57 Å². The average molecular weight is 501 g/mol. The third-order valence-corrected chi connectivity index (χ3v) is 7.26. The molecule has 0 radical (unpaired) electrons. The number of hydrogen-bond acceptors (Lipinski definition) is 8. The number of ether oxygens (including phenoxy) is 1. The summed E-state index contributed by atoms with van der Waals surface area (Å²) in [4.78, 5) is 38.4. The lowest BCUT2D eigenvalue weighted by Gasteiger charge is -2.35. The van der Waals surface area contributed by atoms with Crippen molar-refractivity contribution < 1.29 is 23.4 Å². The van der Waals surface area contributed by atoms with Crippen LogP contribution in [0.1, 0.15) is 29.9 Å². The van der Waals surface area contributed by atoms with Crippen LogP contribution in [0.5, 0.6) is 0 Å². The van der Waals surface area contributed by atoms with Crippen LogP contribution in [0.25, 0.3) is 4.85 Å². The van der Waals surface area contributed by atoms with Gasteiger partial charge in [-0.2, -0.15) is 10.0 Å². The molecule has 1 amide bonds. The summed E-state index contributed by atoms with van der Waals surface area (Å²) in [6.07, 6.45) is 1.06. The van der Waals surface area contributed by atoms with Crippen molar-refractivity contribution in [3.63, 3.8) is 0 Å². The number of hydrogen-bond donors (Lipinski definition) is 1. The molecular formula is C23H28N5O6P. The number of carbonyl (C=O) groups is 1. The number of nitrogens with one attached hydrogen (secondary N) is 1. The highest BCUT2D eigenvalue weighted by Crippen LogP contribution is 2.53. The van der Waals surface area contributed by atoms with Crippen molar-refractivity contribution in [2.75, 3.05) is 38.8 Å². The Hall–Kier alpha value is -2.71. The van der Waals surface area contributed by atoms with Crippen LogP contribution < -0.4 is 11.0 Å². The summed E-state index contributed by atoms with van der Waals surface area (Å²) in [5.74, 6) is -0.208. The molecule has 1 unspecified atom stereocenters. The Morgan fingerprint density at radius 1 is 1.37 bits per heavy atom. The molecular weight excluding hydrogens is 473 g/mol. The van der Waals surface area contributed by atoms with Gasteiger partial charge in [0.1, 0.15) is 30.2 Å². The van der Waals surface area contributed by atoms with Crippen molar-refractivity contribution in [3.05, 3.63) is 70.1 Å². The van der Waals surface area contributed by atoms with E-state index in [0.29, 0.717) is 25.1 Å². The zero-order valence-electron chi connectivity index (χ0n) is 19.8. The monoisotopic (exact) mass is 501 g/mol. The fourth-order valence-corrected chi connectivity index (χ4v) is 5.49. The maximum absolute atomic E-state index is 13.0. The van der Waals surface area contributed by atoms with E-state index >= 15 is 0 Å². The molecule has 0 spiro atoms. The zero-order valence-corrected chi connectivity index (χ0v) is 20.7. The number of aromatic nitrogens is 2. The van der Waals surface area contributed by atoms with Crippen molar-refractivity contribution >= 4 is 20.1 Å². The third-order valence-electron chi connectivity index (χ3n) is 6.19. The fourth-order valence-electron chi connectivity index (χ4n) is 4.45. The van der Waals surface area contributed by atoms with Gasteiger partial charge in [-0.3, -0.25) is 9.36 Å². The molecule has 5 atom stereocenters. The smallest absolute Gasteiger partial charge is 0.345 e. The first-order chi connectivity index (χ1) is 16.9. The predicted octanol–water partition coefficient (Wildman–Crippen LogP) is 2.68. The molecule has 3 heterocycles. The molecule has 0 aliphatic carbocycles. The van der Waals surface area contributed by atoms with Gasteiger partial charge in [0, 0.05) is 18.4 Å². The van der Waals surface area contributed by atoms with Crippen LogP contribution in [-0.4, -0.2) is 71.7 Å². The van der Waals surface area contributed by atoms with E-state index in [2.05, 4.69) is 15.1 Å². The van der Waals surface area contributed by atoms with E-state index < -0.39 is 38.0 Å². The molecule has 1 aromatic heterocycles. The van der Waals surface area contributed by atoms with E-state index in [1.165, 1.54) is 4.57 Å². The lowest BCUT2D eigenvalue weighted by atomic mass is 9.96. The SMILES string of the molecule is [C-]#[N+]CCOP(C)O[C@H]1[C@@H]2[C@H](n3ccc(NC(=O)c4ccccc4)nc3=O)O[C@@]1(CC)CN2OC.